The Morgan fingerprint density at radius 2 is 2.09 bits per heavy atom. The number of aromatic amines is 1. The minimum Gasteiger partial charge on any atom is -0.397 e. The molecule has 0 saturated carbocycles. The lowest BCUT2D eigenvalue weighted by Crippen LogP contribution is -2.12. The van der Waals surface area contributed by atoms with Crippen molar-refractivity contribution in [2.45, 2.75) is 6.92 Å². The molecule has 1 amide bonds. The molecule has 1 aromatic carbocycles. The Balaban J connectivity index is 2.03. The Bertz CT molecular complexity index is 970. The van der Waals surface area contributed by atoms with E-state index in [4.69, 9.17) is 16.7 Å². The van der Waals surface area contributed by atoms with Crippen LogP contribution in [0.1, 0.15) is 20.8 Å². The number of hydrogen-bond donors (Lipinski definition) is 3. The number of carbonyl (C=O) groups is 1. The molecule has 0 aliphatic rings. The van der Waals surface area contributed by atoms with E-state index >= 15 is 0 Å². The number of para-hydroxylation sites is 1. The Labute approximate surface area is 136 Å². The third kappa shape index (κ3) is 2.56. The van der Waals surface area contributed by atoms with Gasteiger partial charge in [0.15, 0.2) is 4.83 Å². The van der Waals surface area contributed by atoms with E-state index in [0.29, 0.717) is 26.3 Å². The lowest BCUT2D eigenvalue weighted by Gasteiger charge is -2.07. The molecular formula is C16H14N5OS+. The number of nitrogen functional groups attached to an aromatic ring is 2. The van der Waals surface area contributed by atoms with E-state index < -0.39 is 0 Å². The summed E-state index contributed by atoms with van der Waals surface area (Å²) in [5.74, 6) is -0.0319. The summed E-state index contributed by atoms with van der Waals surface area (Å²) in [6.07, 6.45) is 0. The fourth-order valence-electron chi connectivity index (χ4n) is 2.26. The predicted molar refractivity (Wildman–Crippen MR) is 91.1 cm³/mol. The van der Waals surface area contributed by atoms with E-state index in [9.17, 15) is 4.79 Å². The molecule has 23 heavy (non-hydrogen) atoms. The average Bonchev–Trinajstić information content (AvgIpc) is 2.85. The van der Waals surface area contributed by atoms with Crippen LogP contribution < -0.4 is 21.8 Å². The van der Waals surface area contributed by atoms with Gasteiger partial charge in [-0.25, -0.2) is 4.98 Å². The second-order valence-electron chi connectivity index (χ2n) is 5.07. The van der Waals surface area contributed by atoms with Crippen LogP contribution in [0.2, 0.25) is 0 Å². The van der Waals surface area contributed by atoms with E-state index in [1.54, 1.807) is 6.07 Å². The third-order valence-corrected chi connectivity index (χ3v) is 4.67. The summed E-state index contributed by atoms with van der Waals surface area (Å²) < 4.78 is 0. The van der Waals surface area contributed by atoms with Crippen LogP contribution in [0.3, 0.4) is 0 Å². The zero-order valence-corrected chi connectivity index (χ0v) is 13.1. The molecule has 0 radical (unpaired) electrons. The van der Waals surface area contributed by atoms with Gasteiger partial charge in [-0.3, -0.25) is 10.5 Å². The monoisotopic (exact) mass is 324 g/mol. The Hall–Kier alpha value is -3.11. The zero-order chi connectivity index (χ0) is 16.6. The number of carbonyl (C=O) groups excluding carboxylic acids is 1. The number of fused-ring (bicyclic) bond motifs is 1. The molecule has 0 unspecified atom stereocenters. The van der Waals surface area contributed by atoms with Gasteiger partial charge >= 0.3 is 0 Å². The highest BCUT2D eigenvalue weighted by Gasteiger charge is 2.21. The number of pyridine rings is 1. The van der Waals surface area contributed by atoms with Gasteiger partial charge in [0.2, 0.25) is 0 Å². The number of nitriles is 1. The summed E-state index contributed by atoms with van der Waals surface area (Å²) in [5.41, 5.74) is 14.2. The molecule has 3 rings (SSSR count). The number of nitrogens with one attached hydrogen (secondary N) is 2. The van der Waals surface area contributed by atoms with Crippen molar-refractivity contribution in [2.24, 2.45) is 0 Å². The number of rotatable bonds is 2. The highest BCUT2D eigenvalue weighted by molar-refractivity contribution is 7.20. The molecule has 3 aromatic rings. The molecule has 0 fully saturated rings. The number of H-pyrrole nitrogens is 1. The van der Waals surface area contributed by atoms with Gasteiger partial charge in [0.05, 0.1) is 11.1 Å². The molecular weight excluding hydrogens is 310 g/mol. The van der Waals surface area contributed by atoms with Crippen LogP contribution in [0.5, 0.6) is 0 Å². The number of aryl methyl sites for hydroxylation is 1. The first-order valence-electron chi connectivity index (χ1n) is 6.82. The van der Waals surface area contributed by atoms with Crippen LogP contribution in [0, 0.1) is 18.3 Å². The Morgan fingerprint density at radius 3 is 2.78 bits per heavy atom. The molecule has 0 saturated heterocycles. The maximum absolute atomic E-state index is 12.5. The Morgan fingerprint density at radius 1 is 1.35 bits per heavy atom. The third-order valence-electron chi connectivity index (χ3n) is 3.53. The van der Waals surface area contributed by atoms with E-state index in [-0.39, 0.29) is 11.7 Å². The molecule has 0 spiro atoms. The highest BCUT2D eigenvalue weighted by Crippen LogP contribution is 2.33. The maximum Gasteiger partial charge on any atom is 0.289 e. The van der Waals surface area contributed by atoms with Gasteiger partial charge in [0.1, 0.15) is 16.5 Å². The second kappa shape index (κ2) is 5.59. The summed E-state index contributed by atoms with van der Waals surface area (Å²) >= 11 is 1.21. The quantitative estimate of drug-likeness (QED) is 0.670. The number of nitrogens with two attached hydrogens (primary N) is 2. The van der Waals surface area contributed by atoms with Gasteiger partial charge in [0.25, 0.3) is 11.7 Å². The lowest BCUT2D eigenvalue weighted by molar-refractivity contribution is -0.323. The number of benzene rings is 1. The average molecular weight is 324 g/mol. The van der Waals surface area contributed by atoms with Crippen molar-refractivity contribution in [3.63, 3.8) is 0 Å². The summed E-state index contributed by atoms with van der Waals surface area (Å²) in [4.78, 5) is 16.5. The molecule has 2 aromatic heterocycles. The highest BCUT2D eigenvalue weighted by atomic mass is 32.1. The van der Waals surface area contributed by atoms with Crippen LogP contribution in [0.15, 0.2) is 30.3 Å². The summed E-state index contributed by atoms with van der Waals surface area (Å²) in [5, 5.41) is 12.5. The first-order chi connectivity index (χ1) is 11.0. The van der Waals surface area contributed by atoms with Crippen molar-refractivity contribution in [1.29, 1.82) is 5.26 Å². The van der Waals surface area contributed by atoms with Crippen molar-refractivity contribution in [1.82, 2.24) is 0 Å². The van der Waals surface area contributed by atoms with Crippen molar-refractivity contribution in [3.05, 3.63) is 46.3 Å². The molecule has 2 heterocycles. The topological polar surface area (TPSA) is 119 Å². The molecule has 0 aliphatic carbocycles. The van der Waals surface area contributed by atoms with Crippen molar-refractivity contribution < 1.29 is 9.78 Å². The van der Waals surface area contributed by atoms with E-state index in [1.165, 1.54) is 11.3 Å². The van der Waals surface area contributed by atoms with Crippen molar-refractivity contribution >= 4 is 44.7 Å². The largest absolute Gasteiger partial charge is 0.397 e. The number of aromatic nitrogens is 1. The summed E-state index contributed by atoms with van der Waals surface area (Å²) in [7, 11) is 0. The number of amides is 1. The van der Waals surface area contributed by atoms with E-state index in [0.717, 1.165) is 11.3 Å². The minimum atomic E-state index is -0.288. The van der Waals surface area contributed by atoms with Gasteiger partial charge in [-0.15, -0.1) is 0 Å². The molecule has 0 atom stereocenters. The standard InChI is InChI=1S/C16H13N5OS/c1-8-4-2-3-5-11(8)20-15(22)13-12(18)10-6-9(7-17)14(19)21-16(10)23-13/h2-6H,18H2,1H3,(H2,19,21)(H,20,22)/p+1. The van der Waals surface area contributed by atoms with Gasteiger partial charge in [0, 0.05) is 5.69 Å². The molecule has 6 N–H and O–H groups in total. The fourth-order valence-corrected chi connectivity index (χ4v) is 3.27. The number of thiophene rings is 1. The Kier molecular flexibility index (Phi) is 3.60. The van der Waals surface area contributed by atoms with Crippen LogP contribution in [-0.2, 0) is 0 Å². The van der Waals surface area contributed by atoms with Crippen molar-refractivity contribution in [2.75, 3.05) is 16.8 Å². The SMILES string of the molecule is Cc1ccccc1NC(=O)c1sc2[nH+]c(N)c(C#N)cc2c1N. The van der Waals surface area contributed by atoms with Crippen molar-refractivity contribution in [3.8, 4) is 6.07 Å². The van der Waals surface area contributed by atoms with Crippen LogP contribution in [-0.4, -0.2) is 5.91 Å². The smallest absolute Gasteiger partial charge is 0.289 e. The predicted octanol–water partition coefficient (Wildman–Crippen LogP) is 2.31. The normalized spacial score (nSPS) is 10.4. The van der Waals surface area contributed by atoms with Gasteiger partial charge in [-0.05, 0) is 24.6 Å². The number of anilines is 3. The van der Waals surface area contributed by atoms with Crippen LogP contribution in [0.4, 0.5) is 17.2 Å². The molecule has 114 valence electrons. The number of hydrogen-bond acceptors (Lipinski definition) is 5. The van der Waals surface area contributed by atoms with Gasteiger partial charge in [-0.2, -0.15) is 5.26 Å². The molecule has 0 bridgehead atoms. The van der Waals surface area contributed by atoms with E-state index in [1.807, 2.05) is 37.3 Å². The molecule has 0 aliphatic heterocycles. The summed E-state index contributed by atoms with van der Waals surface area (Å²) in [6, 6.07) is 11.1. The second-order valence-corrected chi connectivity index (χ2v) is 6.09. The summed E-state index contributed by atoms with van der Waals surface area (Å²) in [6.45, 7) is 1.91. The number of nitrogens with zero attached hydrogens (tertiary/aromatic N) is 1. The fraction of sp³-hybridized carbons (Fsp3) is 0.0625. The first kappa shape index (κ1) is 14.8. The van der Waals surface area contributed by atoms with Crippen LogP contribution in [0.25, 0.3) is 10.2 Å². The van der Waals surface area contributed by atoms with Crippen LogP contribution >= 0.6 is 11.3 Å². The maximum atomic E-state index is 12.5. The zero-order valence-electron chi connectivity index (χ0n) is 12.3. The first-order valence-corrected chi connectivity index (χ1v) is 7.63. The molecule has 7 heteroatoms. The lowest BCUT2D eigenvalue weighted by atomic mass is 10.2. The van der Waals surface area contributed by atoms with Gasteiger partial charge in [-0.1, -0.05) is 29.5 Å². The van der Waals surface area contributed by atoms with E-state index in [2.05, 4.69) is 10.3 Å². The molecule has 6 nitrogen and oxygen atoms in total. The minimum absolute atomic E-state index is 0.257. The van der Waals surface area contributed by atoms with Gasteiger partial charge < -0.3 is 11.1 Å².